The predicted octanol–water partition coefficient (Wildman–Crippen LogP) is 8.28. The lowest BCUT2D eigenvalue weighted by Crippen LogP contribution is -2.53. The molecule has 2 aliphatic carbocycles. The molecule has 64 heavy (non-hydrogen) atoms. The predicted molar refractivity (Wildman–Crippen MR) is 241 cm³/mol. The highest BCUT2D eigenvalue weighted by atomic mass is 16.7. The first-order chi connectivity index (χ1) is 30.2. The van der Waals surface area contributed by atoms with Crippen molar-refractivity contribution in [3.63, 3.8) is 0 Å². The van der Waals surface area contributed by atoms with Gasteiger partial charge in [0, 0.05) is 13.0 Å². The van der Waals surface area contributed by atoms with Gasteiger partial charge in [0.05, 0.1) is 43.3 Å². The van der Waals surface area contributed by atoms with Crippen molar-refractivity contribution in [1.82, 2.24) is 4.90 Å². The molecule has 2 N–H and O–H groups in total. The zero-order valence-electron chi connectivity index (χ0n) is 38.7. The molecule has 0 saturated carbocycles. The van der Waals surface area contributed by atoms with Gasteiger partial charge in [0.25, 0.3) is 0 Å². The minimum Gasteiger partial charge on any atom is -0.497 e. The highest BCUT2D eigenvalue weighted by Gasteiger charge is 2.61. The van der Waals surface area contributed by atoms with Crippen molar-refractivity contribution in [3.05, 3.63) is 105 Å². The molecule has 5 atom stereocenters. The van der Waals surface area contributed by atoms with Crippen molar-refractivity contribution < 1.29 is 53.0 Å². The number of benzene rings is 3. The zero-order chi connectivity index (χ0) is 46.0. The third kappa shape index (κ3) is 8.44. The molecule has 342 valence electrons. The number of carbonyl (C=O) groups is 3. The van der Waals surface area contributed by atoms with Crippen LogP contribution in [0, 0.1) is 0 Å². The van der Waals surface area contributed by atoms with Gasteiger partial charge in [-0.2, -0.15) is 0 Å². The first kappa shape index (κ1) is 45.4. The van der Waals surface area contributed by atoms with Crippen molar-refractivity contribution in [2.45, 2.75) is 146 Å². The van der Waals surface area contributed by atoms with E-state index < -0.39 is 59.3 Å². The summed E-state index contributed by atoms with van der Waals surface area (Å²) in [6.45, 7) is 15.2. The minimum absolute atomic E-state index is 0.000705. The van der Waals surface area contributed by atoms with E-state index in [2.05, 4.69) is 63.8 Å². The lowest BCUT2D eigenvalue weighted by atomic mass is 9.63. The summed E-state index contributed by atoms with van der Waals surface area (Å²) in [4.78, 5) is 43.1. The standard InChI is InChI=1S/C52H63NO11/c1-31(34-15-16-37-38(24-34)49(4,5)19-18-48(37,2)3)23-32-11-13-33(14-12-32)46(55)63-42-26-35-25-39-40(62-30-61-39)27-36(35)44-45(41(59-8)28-51(44)17-10-22-53(42)51)64-47(56)52(58,29-43(54)60-9)21-20-50(6,7)57/h11-16,23-25,27-28,42,44-45,57-58H,10,17-22,26,29-30H2,1-9H3/b31-23+/t42?,44-,45-,51+,52?/m1/s1. The van der Waals surface area contributed by atoms with Crippen LogP contribution < -0.4 is 9.47 Å². The molecule has 3 aromatic carbocycles. The Bertz CT molecular complexity index is 2390. The summed E-state index contributed by atoms with van der Waals surface area (Å²) < 4.78 is 35.3. The molecule has 0 aromatic heterocycles. The quantitative estimate of drug-likeness (QED) is 0.102. The molecular weight excluding hydrogens is 815 g/mol. The zero-order valence-corrected chi connectivity index (χ0v) is 38.7. The molecule has 0 radical (unpaired) electrons. The molecule has 1 fully saturated rings. The van der Waals surface area contributed by atoms with Gasteiger partial charge < -0.3 is 38.6 Å². The summed E-state index contributed by atoms with van der Waals surface area (Å²) in [5, 5.41) is 22.3. The van der Waals surface area contributed by atoms with Crippen molar-refractivity contribution in [2.24, 2.45) is 0 Å². The fraction of sp³-hybridized carbons (Fsp3) is 0.519. The van der Waals surface area contributed by atoms with Crippen molar-refractivity contribution >= 4 is 29.6 Å². The number of esters is 3. The van der Waals surface area contributed by atoms with Gasteiger partial charge in [-0.25, -0.2) is 9.59 Å². The molecule has 3 heterocycles. The molecule has 1 saturated heterocycles. The van der Waals surface area contributed by atoms with Gasteiger partial charge in [0.1, 0.15) is 5.76 Å². The molecule has 12 nitrogen and oxygen atoms in total. The van der Waals surface area contributed by atoms with E-state index in [4.69, 9.17) is 28.4 Å². The average Bonchev–Trinajstić information content (AvgIpc) is 3.96. The first-order valence-electron chi connectivity index (χ1n) is 22.5. The molecule has 0 bridgehead atoms. The fourth-order valence-corrected chi connectivity index (χ4v) is 10.6. The molecule has 5 aliphatic rings. The van der Waals surface area contributed by atoms with Gasteiger partial charge in [-0.05, 0) is 139 Å². The van der Waals surface area contributed by atoms with Crippen LogP contribution in [0.15, 0.2) is 66.4 Å². The summed E-state index contributed by atoms with van der Waals surface area (Å²) in [5.74, 6) is -1.49. The molecule has 1 spiro atoms. The van der Waals surface area contributed by atoms with E-state index in [0.717, 1.165) is 41.5 Å². The number of aliphatic hydroxyl groups is 2. The van der Waals surface area contributed by atoms with Crippen LogP contribution in [0.4, 0.5) is 0 Å². The lowest BCUT2D eigenvalue weighted by molar-refractivity contribution is -0.179. The molecule has 8 rings (SSSR count). The van der Waals surface area contributed by atoms with E-state index in [1.54, 1.807) is 26.0 Å². The smallest absolute Gasteiger partial charge is 0.339 e. The Kier molecular flexibility index (Phi) is 11.8. The van der Waals surface area contributed by atoms with Gasteiger partial charge in [-0.3, -0.25) is 9.69 Å². The third-order valence-corrected chi connectivity index (χ3v) is 14.5. The van der Waals surface area contributed by atoms with Gasteiger partial charge in [0.15, 0.2) is 29.4 Å². The van der Waals surface area contributed by atoms with Crippen LogP contribution in [0.5, 0.6) is 11.5 Å². The van der Waals surface area contributed by atoms with Crippen LogP contribution in [0.3, 0.4) is 0 Å². The second kappa shape index (κ2) is 16.7. The maximum atomic E-state index is 14.2. The van der Waals surface area contributed by atoms with Gasteiger partial charge in [-0.15, -0.1) is 0 Å². The molecule has 0 amide bonds. The number of ether oxygens (including phenoxy) is 6. The van der Waals surface area contributed by atoms with Gasteiger partial charge >= 0.3 is 17.9 Å². The second-order valence-electron chi connectivity index (χ2n) is 20.4. The average molecular weight is 878 g/mol. The Labute approximate surface area is 376 Å². The Morgan fingerprint density at radius 3 is 2.20 bits per heavy atom. The molecule has 12 heteroatoms. The van der Waals surface area contributed by atoms with E-state index in [0.29, 0.717) is 42.2 Å². The van der Waals surface area contributed by atoms with Crippen LogP contribution >= 0.6 is 0 Å². The van der Waals surface area contributed by atoms with Gasteiger partial charge in [-0.1, -0.05) is 64.1 Å². The second-order valence-corrected chi connectivity index (χ2v) is 20.4. The molecule has 2 unspecified atom stereocenters. The monoisotopic (exact) mass is 877 g/mol. The largest absolute Gasteiger partial charge is 0.497 e. The Morgan fingerprint density at radius 1 is 0.859 bits per heavy atom. The van der Waals surface area contributed by atoms with E-state index in [-0.39, 0.29) is 30.5 Å². The third-order valence-electron chi connectivity index (χ3n) is 14.5. The van der Waals surface area contributed by atoms with Crippen LogP contribution in [-0.2, 0) is 45.8 Å². The number of hydrogen-bond acceptors (Lipinski definition) is 12. The van der Waals surface area contributed by atoms with Crippen molar-refractivity contribution in [1.29, 1.82) is 0 Å². The van der Waals surface area contributed by atoms with Crippen molar-refractivity contribution in [2.75, 3.05) is 27.6 Å². The normalized spacial score (nSPS) is 25.1. The van der Waals surface area contributed by atoms with Crippen LogP contribution in [0.25, 0.3) is 11.6 Å². The van der Waals surface area contributed by atoms with E-state index in [9.17, 15) is 24.6 Å². The Hall–Kier alpha value is -5.17. The highest BCUT2D eigenvalue weighted by Crippen LogP contribution is 2.57. The number of nitrogens with zero attached hydrogens (tertiary/aromatic N) is 1. The number of methoxy groups -OCH3 is 2. The van der Waals surface area contributed by atoms with Gasteiger partial charge in [0.2, 0.25) is 6.79 Å². The number of fused-ring (bicyclic) bond motifs is 4. The molecular formula is C52H63NO11. The van der Waals surface area contributed by atoms with E-state index in [1.165, 1.54) is 30.9 Å². The SMILES string of the molecule is COC(=O)CC(O)(CCC(C)(C)O)C(=O)O[C@@H]1C(OC)=C[C@]23CCCN2C(OC(=O)c2ccc(/C=C(\C)c4ccc5c(c4)C(C)(C)CCC5(C)C)cc2)Cc2cc4c(cc2[C@H]13)OCO4. The minimum atomic E-state index is -2.31. The highest BCUT2D eigenvalue weighted by molar-refractivity contribution is 5.90. The van der Waals surface area contributed by atoms with Crippen molar-refractivity contribution in [3.8, 4) is 11.5 Å². The Morgan fingerprint density at radius 2 is 1.53 bits per heavy atom. The van der Waals surface area contributed by atoms with Crippen LogP contribution in [-0.4, -0.2) is 89.7 Å². The van der Waals surface area contributed by atoms with E-state index >= 15 is 0 Å². The number of carbonyl (C=O) groups excluding carboxylic acids is 3. The maximum Gasteiger partial charge on any atom is 0.339 e. The Balaban J connectivity index is 1.08. The fourth-order valence-electron chi connectivity index (χ4n) is 10.6. The van der Waals surface area contributed by atoms with Crippen LogP contribution in [0.1, 0.15) is 143 Å². The number of rotatable bonds is 12. The number of allylic oxidation sites excluding steroid dienone is 1. The first-order valence-corrected chi connectivity index (χ1v) is 22.5. The summed E-state index contributed by atoms with van der Waals surface area (Å²) in [6.07, 6.45) is 5.35. The number of hydrogen-bond donors (Lipinski definition) is 2. The topological polar surface area (TPSA) is 150 Å². The summed E-state index contributed by atoms with van der Waals surface area (Å²) in [6, 6.07) is 18.1. The molecule has 3 aromatic rings. The maximum absolute atomic E-state index is 14.2. The molecule has 3 aliphatic heterocycles. The lowest BCUT2D eigenvalue weighted by Gasteiger charge is -2.42. The summed E-state index contributed by atoms with van der Waals surface area (Å²) in [5.41, 5.74) is 3.99. The van der Waals surface area contributed by atoms with Crippen LogP contribution in [0.2, 0.25) is 0 Å². The summed E-state index contributed by atoms with van der Waals surface area (Å²) >= 11 is 0. The van der Waals surface area contributed by atoms with E-state index in [1.807, 2.05) is 30.3 Å². The summed E-state index contributed by atoms with van der Waals surface area (Å²) in [7, 11) is 2.67.